The number of benzene rings is 1. The molecule has 1 heterocycles. The molecule has 0 radical (unpaired) electrons. The fourth-order valence-electron chi connectivity index (χ4n) is 2.46. The highest BCUT2D eigenvalue weighted by atomic mass is 16.3. The second-order valence-electron chi connectivity index (χ2n) is 5.60. The molecule has 2 N–H and O–H groups in total. The maximum atomic E-state index is 12.0. The van der Waals surface area contributed by atoms with E-state index in [0.717, 1.165) is 18.4 Å². The van der Waals surface area contributed by atoms with Crippen molar-refractivity contribution in [1.29, 1.82) is 0 Å². The van der Waals surface area contributed by atoms with E-state index in [4.69, 9.17) is 0 Å². The summed E-state index contributed by atoms with van der Waals surface area (Å²) >= 11 is 0. The predicted octanol–water partition coefficient (Wildman–Crippen LogP) is 0.637. The summed E-state index contributed by atoms with van der Waals surface area (Å²) in [5, 5.41) is 13.2. The van der Waals surface area contributed by atoms with Gasteiger partial charge in [0.1, 0.15) is 0 Å². The van der Waals surface area contributed by atoms with Crippen LogP contribution in [0.25, 0.3) is 0 Å². The van der Waals surface area contributed by atoms with Crippen LogP contribution in [0.1, 0.15) is 28.8 Å². The number of Topliss-reactive ketones (excluding diaryl/α,β-unsaturated/α-hetero) is 1. The van der Waals surface area contributed by atoms with Crippen molar-refractivity contribution in [2.75, 3.05) is 18.0 Å². The topological polar surface area (TPSA) is 69.6 Å². The molecule has 1 aliphatic carbocycles. The third-order valence-electron chi connectivity index (χ3n) is 3.74. The van der Waals surface area contributed by atoms with Crippen LogP contribution >= 0.6 is 0 Å². The van der Waals surface area contributed by atoms with Gasteiger partial charge in [0, 0.05) is 12.6 Å². The van der Waals surface area contributed by atoms with Gasteiger partial charge in [-0.1, -0.05) is 11.6 Å². The summed E-state index contributed by atoms with van der Waals surface area (Å²) in [7, 11) is 0. The van der Waals surface area contributed by atoms with Gasteiger partial charge in [-0.05, 0) is 31.9 Å². The highest BCUT2D eigenvalue weighted by Crippen LogP contribution is 2.29. The van der Waals surface area contributed by atoms with E-state index >= 15 is 0 Å². The smallest absolute Gasteiger partial charge is 0.299 e. The molecule has 20 heavy (non-hydrogen) atoms. The van der Waals surface area contributed by atoms with Gasteiger partial charge in [0.2, 0.25) is 0 Å². The lowest BCUT2D eigenvalue weighted by Gasteiger charge is -2.20. The Hall–Kier alpha value is -1.72. The summed E-state index contributed by atoms with van der Waals surface area (Å²) < 4.78 is 0. The zero-order valence-electron chi connectivity index (χ0n) is 11.4. The lowest BCUT2D eigenvalue weighted by molar-refractivity contribution is -0.114. The highest BCUT2D eigenvalue weighted by molar-refractivity contribution is 6.52. The van der Waals surface area contributed by atoms with Crippen LogP contribution in [0.5, 0.6) is 0 Å². The van der Waals surface area contributed by atoms with Crippen LogP contribution in [-0.2, 0) is 4.79 Å². The largest absolute Gasteiger partial charge is 0.390 e. The Morgan fingerprint density at radius 2 is 2.15 bits per heavy atom. The van der Waals surface area contributed by atoms with Gasteiger partial charge in [0.25, 0.3) is 11.7 Å². The number of amides is 1. The molecule has 1 amide bonds. The quantitative estimate of drug-likeness (QED) is 0.773. The number of rotatable bonds is 5. The molecular weight excluding hydrogens is 256 g/mol. The summed E-state index contributed by atoms with van der Waals surface area (Å²) in [6, 6.07) is 5.88. The fourth-order valence-corrected chi connectivity index (χ4v) is 2.46. The minimum Gasteiger partial charge on any atom is -0.390 e. The first-order chi connectivity index (χ1) is 9.56. The van der Waals surface area contributed by atoms with Crippen LogP contribution in [0.4, 0.5) is 5.69 Å². The third kappa shape index (κ3) is 2.46. The number of hydrogen-bond acceptors (Lipinski definition) is 4. The first kappa shape index (κ1) is 13.3. The van der Waals surface area contributed by atoms with Gasteiger partial charge >= 0.3 is 0 Å². The number of nitrogens with one attached hydrogen (secondary N) is 1. The molecule has 2 aliphatic rings. The van der Waals surface area contributed by atoms with E-state index in [9.17, 15) is 14.7 Å². The van der Waals surface area contributed by atoms with Crippen LogP contribution in [0.2, 0.25) is 0 Å². The number of carbonyl (C=O) groups excluding carboxylic acids is 2. The molecule has 0 saturated heterocycles. The molecular formula is C15H18N2O3. The number of β-amino-alcohol motifs (C(OH)–C–C–N with tert-alkyl or cyclic N) is 1. The number of ketones is 1. The average Bonchev–Trinajstić information content (AvgIpc) is 3.22. The van der Waals surface area contributed by atoms with Gasteiger partial charge in [-0.25, -0.2) is 0 Å². The van der Waals surface area contributed by atoms with Crippen molar-refractivity contribution < 1.29 is 14.7 Å². The van der Waals surface area contributed by atoms with Crippen molar-refractivity contribution >= 4 is 17.4 Å². The minimum atomic E-state index is -0.667. The lowest BCUT2D eigenvalue weighted by Crippen LogP contribution is -2.41. The van der Waals surface area contributed by atoms with E-state index in [1.807, 2.05) is 13.0 Å². The number of fused-ring (bicyclic) bond motifs is 1. The molecule has 1 atom stereocenters. The predicted molar refractivity (Wildman–Crippen MR) is 74.9 cm³/mol. The van der Waals surface area contributed by atoms with Gasteiger partial charge < -0.3 is 15.3 Å². The lowest BCUT2D eigenvalue weighted by atomic mass is 10.1. The monoisotopic (exact) mass is 274 g/mol. The number of nitrogens with zero attached hydrogens (tertiary/aromatic N) is 1. The Balaban J connectivity index is 1.73. The van der Waals surface area contributed by atoms with E-state index < -0.39 is 17.8 Å². The average molecular weight is 274 g/mol. The van der Waals surface area contributed by atoms with Gasteiger partial charge in [0.15, 0.2) is 0 Å². The Bertz CT molecular complexity index is 566. The molecule has 106 valence electrons. The minimum absolute atomic E-state index is 0.153. The Morgan fingerprint density at radius 3 is 2.85 bits per heavy atom. The highest BCUT2D eigenvalue weighted by Gasteiger charge is 2.36. The summed E-state index contributed by atoms with van der Waals surface area (Å²) in [5.41, 5.74) is 2.00. The second-order valence-corrected chi connectivity index (χ2v) is 5.60. The molecule has 1 aliphatic heterocycles. The summed E-state index contributed by atoms with van der Waals surface area (Å²) in [4.78, 5) is 25.3. The normalized spacial score (nSPS) is 19.4. The van der Waals surface area contributed by atoms with Crippen LogP contribution < -0.4 is 10.2 Å². The first-order valence-corrected chi connectivity index (χ1v) is 6.94. The molecule has 3 rings (SSSR count). The summed E-state index contributed by atoms with van der Waals surface area (Å²) in [6.45, 7) is 2.49. The van der Waals surface area contributed by atoms with E-state index in [1.54, 1.807) is 12.1 Å². The van der Waals surface area contributed by atoms with Crippen LogP contribution in [0, 0.1) is 6.92 Å². The van der Waals surface area contributed by atoms with Crippen LogP contribution in [0.15, 0.2) is 18.2 Å². The summed E-state index contributed by atoms with van der Waals surface area (Å²) in [5.74, 6) is -1.03. The van der Waals surface area contributed by atoms with E-state index in [0.29, 0.717) is 23.8 Å². The molecule has 1 saturated carbocycles. The Morgan fingerprint density at radius 1 is 1.40 bits per heavy atom. The van der Waals surface area contributed by atoms with Gasteiger partial charge in [0.05, 0.1) is 23.9 Å². The number of aliphatic hydroxyl groups excluding tert-OH is 1. The van der Waals surface area contributed by atoms with Crippen molar-refractivity contribution in [3.05, 3.63) is 29.3 Å². The zero-order chi connectivity index (χ0) is 14.3. The standard InChI is InChI=1S/C15H18N2O3/c1-9-2-5-13-12(6-9)14(19)15(20)17(13)8-11(18)7-16-10-3-4-10/h2,5-6,10-11,16,18H,3-4,7-8H2,1H3. The molecule has 1 aromatic rings. The van der Waals surface area contributed by atoms with Gasteiger partial charge in [-0.2, -0.15) is 0 Å². The molecule has 5 nitrogen and oxygen atoms in total. The zero-order valence-corrected chi connectivity index (χ0v) is 11.4. The first-order valence-electron chi connectivity index (χ1n) is 6.94. The Labute approximate surface area is 117 Å². The second kappa shape index (κ2) is 5.00. The van der Waals surface area contributed by atoms with E-state index in [1.165, 1.54) is 4.90 Å². The van der Waals surface area contributed by atoms with Crippen molar-refractivity contribution in [3.63, 3.8) is 0 Å². The fraction of sp³-hybridized carbons (Fsp3) is 0.467. The third-order valence-corrected chi connectivity index (χ3v) is 3.74. The summed E-state index contributed by atoms with van der Waals surface area (Å²) in [6.07, 6.45) is 1.63. The number of aliphatic hydroxyl groups is 1. The Kier molecular flexibility index (Phi) is 3.31. The number of aryl methyl sites for hydroxylation is 1. The van der Waals surface area contributed by atoms with E-state index in [-0.39, 0.29) is 6.54 Å². The molecule has 0 spiro atoms. The van der Waals surface area contributed by atoms with Crippen molar-refractivity contribution in [3.8, 4) is 0 Å². The number of carbonyl (C=O) groups is 2. The maximum Gasteiger partial charge on any atom is 0.299 e. The SMILES string of the molecule is Cc1ccc2c(c1)C(=O)C(=O)N2CC(O)CNC1CC1. The molecule has 1 aromatic carbocycles. The number of hydrogen-bond donors (Lipinski definition) is 2. The molecule has 1 fully saturated rings. The van der Waals surface area contributed by atoms with E-state index in [2.05, 4.69) is 5.32 Å². The van der Waals surface area contributed by atoms with Crippen LogP contribution in [0.3, 0.4) is 0 Å². The van der Waals surface area contributed by atoms with Crippen molar-refractivity contribution in [2.45, 2.75) is 31.9 Å². The van der Waals surface area contributed by atoms with Gasteiger partial charge in [-0.3, -0.25) is 9.59 Å². The molecule has 5 heteroatoms. The maximum absolute atomic E-state index is 12.0. The molecule has 0 aromatic heterocycles. The van der Waals surface area contributed by atoms with Crippen molar-refractivity contribution in [2.24, 2.45) is 0 Å². The van der Waals surface area contributed by atoms with Gasteiger partial charge in [-0.15, -0.1) is 0 Å². The molecule has 0 bridgehead atoms. The molecule has 1 unspecified atom stereocenters. The van der Waals surface area contributed by atoms with Crippen LogP contribution in [-0.4, -0.2) is 42.0 Å². The van der Waals surface area contributed by atoms with Crippen molar-refractivity contribution in [1.82, 2.24) is 5.32 Å². The number of anilines is 1.